The molecule has 0 bridgehead atoms. The third-order valence-electron chi connectivity index (χ3n) is 1.37. The molecule has 62 valence electrons. The van der Waals surface area contributed by atoms with Crippen LogP contribution in [0.3, 0.4) is 0 Å². The van der Waals surface area contributed by atoms with E-state index in [0.29, 0.717) is 10.3 Å². The van der Waals surface area contributed by atoms with Crippen LogP contribution in [-0.4, -0.2) is 9.97 Å². The van der Waals surface area contributed by atoms with Gasteiger partial charge in [-0.1, -0.05) is 22.9 Å². The van der Waals surface area contributed by atoms with Crippen molar-refractivity contribution >= 4 is 38.3 Å². The van der Waals surface area contributed by atoms with Crippen molar-refractivity contribution in [3.05, 3.63) is 17.4 Å². The summed E-state index contributed by atoms with van der Waals surface area (Å²) in [6.07, 6.45) is 1.68. The number of hydrogen-bond donors (Lipinski definition) is 2. The number of thiazole rings is 1. The molecule has 0 aromatic carbocycles. The molecule has 0 radical (unpaired) electrons. The van der Waals surface area contributed by atoms with Crippen molar-refractivity contribution in [1.82, 2.24) is 9.97 Å². The molecule has 0 fully saturated rings. The summed E-state index contributed by atoms with van der Waals surface area (Å²) in [6, 6.07) is 1.70. The van der Waals surface area contributed by atoms with Crippen molar-refractivity contribution in [2.75, 3.05) is 5.43 Å². The number of anilines is 1. The van der Waals surface area contributed by atoms with Gasteiger partial charge in [0.05, 0.1) is 10.2 Å². The Hall–Kier alpha value is -0.910. The second-order valence-electron chi connectivity index (χ2n) is 2.14. The molecule has 0 aliphatic heterocycles. The van der Waals surface area contributed by atoms with E-state index in [1.165, 1.54) is 11.3 Å². The molecule has 2 aromatic rings. The van der Waals surface area contributed by atoms with Crippen LogP contribution in [0.2, 0.25) is 5.15 Å². The van der Waals surface area contributed by atoms with Crippen molar-refractivity contribution < 1.29 is 0 Å². The minimum absolute atomic E-state index is 0.441. The van der Waals surface area contributed by atoms with E-state index in [0.717, 1.165) is 10.2 Å². The molecule has 0 spiro atoms. The summed E-state index contributed by atoms with van der Waals surface area (Å²) < 4.78 is 0.965. The Morgan fingerprint density at radius 3 is 3.17 bits per heavy atom. The number of aromatic nitrogens is 2. The molecule has 2 aromatic heterocycles. The van der Waals surface area contributed by atoms with Crippen molar-refractivity contribution in [1.29, 1.82) is 0 Å². The van der Waals surface area contributed by atoms with Crippen LogP contribution >= 0.6 is 22.9 Å². The number of nitrogens with two attached hydrogens (primary N) is 1. The summed E-state index contributed by atoms with van der Waals surface area (Å²) in [5, 5.41) is 1.10. The van der Waals surface area contributed by atoms with Gasteiger partial charge >= 0.3 is 0 Å². The average molecular weight is 201 g/mol. The van der Waals surface area contributed by atoms with Crippen LogP contribution < -0.4 is 11.3 Å². The average Bonchev–Trinajstić information content (AvgIpc) is 2.46. The number of nitrogens with zero attached hydrogens (tertiary/aromatic N) is 2. The third-order valence-corrected chi connectivity index (χ3v) is 2.51. The Morgan fingerprint density at radius 1 is 1.58 bits per heavy atom. The van der Waals surface area contributed by atoms with Crippen molar-refractivity contribution in [2.24, 2.45) is 5.84 Å². The lowest BCUT2D eigenvalue weighted by Crippen LogP contribution is -2.05. The number of pyridine rings is 1. The van der Waals surface area contributed by atoms with Gasteiger partial charge in [0, 0.05) is 12.3 Å². The zero-order chi connectivity index (χ0) is 8.55. The lowest BCUT2D eigenvalue weighted by atomic mass is 10.4. The Labute approximate surface area is 77.4 Å². The summed E-state index contributed by atoms with van der Waals surface area (Å²) in [6.45, 7) is 0. The van der Waals surface area contributed by atoms with Gasteiger partial charge in [-0.15, -0.1) is 0 Å². The van der Waals surface area contributed by atoms with Gasteiger partial charge in [-0.2, -0.15) is 0 Å². The molecule has 4 nitrogen and oxygen atoms in total. The van der Waals surface area contributed by atoms with Gasteiger partial charge in [-0.05, 0) is 0 Å². The highest BCUT2D eigenvalue weighted by Crippen LogP contribution is 2.25. The molecule has 0 aliphatic rings. The molecular weight excluding hydrogens is 196 g/mol. The van der Waals surface area contributed by atoms with E-state index in [4.69, 9.17) is 17.4 Å². The highest BCUT2D eigenvalue weighted by molar-refractivity contribution is 7.22. The molecule has 0 aliphatic carbocycles. The summed E-state index contributed by atoms with van der Waals surface area (Å²) in [4.78, 5) is 8.07. The third kappa shape index (κ3) is 1.22. The molecule has 12 heavy (non-hydrogen) atoms. The fraction of sp³-hybridized carbons (Fsp3) is 0. The number of nitrogen functional groups attached to an aromatic ring is 1. The first-order chi connectivity index (χ1) is 5.79. The van der Waals surface area contributed by atoms with Gasteiger partial charge in [-0.25, -0.2) is 15.8 Å². The monoisotopic (exact) mass is 200 g/mol. The molecule has 6 heteroatoms. The highest BCUT2D eigenvalue weighted by atomic mass is 35.5. The molecule has 0 atom stereocenters. The van der Waals surface area contributed by atoms with Crippen LogP contribution in [0, 0.1) is 0 Å². The summed E-state index contributed by atoms with van der Waals surface area (Å²) >= 11 is 7.11. The van der Waals surface area contributed by atoms with E-state index in [1.54, 1.807) is 12.3 Å². The summed E-state index contributed by atoms with van der Waals surface area (Å²) in [5.74, 6) is 5.20. The predicted octanol–water partition coefficient (Wildman–Crippen LogP) is 1.63. The molecule has 2 heterocycles. The van der Waals surface area contributed by atoms with Gasteiger partial charge in [0.15, 0.2) is 5.13 Å². The zero-order valence-corrected chi connectivity index (χ0v) is 7.49. The fourth-order valence-corrected chi connectivity index (χ4v) is 1.75. The largest absolute Gasteiger partial charge is 0.300 e. The van der Waals surface area contributed by atoms with Crippen molar-refractivity contribution in [2.45, 2.75) is 0 Å². The van der Waals surface area contributed by atoms with Crippen LogP contribution in [-0.2, 0) is 0 Å². The first-order valence-corrected chi connectivity index (χ1v) is 4.38. The van der Waals surface area contributed by atoms with Crippen LogP contribution in [0.4, 0.5) is 5.13 Å². The Kier molecular flexibility index (Phi) is 1.84. The first-order valence-electron chi connectivity index (χ1n) is 3.18. The SMILES string of the molecule is NNc1nc2cc(Cl)ncc2s1. The summed E-state index contributed by atoms with van der Waals surface area (Å²) in [5.41, 5.74) is 3.29. The minimum Gasteiger partial charge on any atom is -0.300 e. The number of hydrogen-bond acceptors (Lipinski definition) is 5. The van der Waals surface area contributed by atoms with Crippen LogP contribution in [0.1, 0.15) is 0 Å². The maximum atomic E-state index is 5.67. The molecule has 3 N–H and O–H groups in total. The van der Waals surface area contributed by atoms with E-state index >= 15 is 0 Å². The van der Waals surface area contributed by atoms with E-state index in [1.807, 2.05) is 0 Å². The normalized spacial score (nSPS) is 10.5. The lowest BCUT2D eigenvalue weighted by molar-refractivity contribution is 1.30. The Morgan fingerprint density at radius 2 is 2.42 bits per heavy atom. The Balaban J connectivity index is 2.67. The molecule has 0 saturated heterocycles. The van der Waals surface area contributed by atoms with E-state index in [-0.39, 0.29) is 0 Å². The van der Waals surface area contributed by atoms with Gasteiger partial charge < -0.3 is 0 Å². The first kappa shape index (κ1) is 7.72. The number of halogens is 1. The van der Waals surface area contributed by atoms with Gasteiger partial charge in [0.1, 0.15) is 5.15 Å². The van der Waals surface area contributed by atoms with Crippen molar-refractivity contribution in [3.63, 3.8) is 0 Å². The van der Waals surface area contributed by atoms with Gasteiger partial charge in [-0.3, -0.25) is 5.43 Å². The second-order valence-corrected chi connectivity index (χ2v) is 3.56. The minimum atomic E-state index is 0.441. The summed E-state index contributed by atoms with van der Waals surface area (Å²) in [7, 11) is 0. The topological polar surface area (TPSA) is 63.8 Å². The number of rotatable bonds is 1. The standard InChI is InChI=1S/C6H5ClN4S/c7-5-1-3-4(2-9-5)12-6(10-3)11-8/h1-2H,8H2,(H,10,11). The number of nitrogens with one attached hydrogen (secondary N) is 1. The Bertz CT molecular complexity index is 413. The van der Waals surface area contributed by atoms with Crippen LogP contribution in [0.15, 0.2) is 12.3 Å². The molecule has 0 amide bonds. The zero-order valence-electron chi connectivity index (χ0n) is 5.91. The van der Waals surface area contributed by atoms with Crippen LogP contribution in [0.5, 0.6) is 0 Å². The maximum absolute atomic E-state index is 5.67. The smallest absolute Gasteiger partial charge is 0.198 e. The van der Waals surface area contributed by atoms with Gasteiger partial charge in [0.2, 0.25) is 0 Å². The van der Waals surface area contributed by atoms with E-state index in [2.05, 4.69) is 15.4 Å². The molecule has 0 saturated carbocycles. The molecule has 2 rings (SSSR count). The maximum Gasteiger partial charge on any atom is 0.198 e. The van der Waals surface area contributed by atoms with Crippen molar-refractivity contribution in [3.8, 4) is 0 Å². The lowest BCUT2D eigenvalue weighted by Gasteiger charge is -1.86. The highest BCUT2D eigenvalue weighted by Gasteiger charge is 2.02. The van der Waals surface area contributed by atoms with Crippen LogP contribution in [0.25, 0.3) is 10.2 Å². The van der Waals surface area contributed by atoms with Gasteiger partial charge in [0.25, 0.3) is 0 Å². The van der Waals surface area contributed by atoms with E-state index < -0.39 is 0 Å². The number of fused-ring (bicyclic) bond motifs is 1. The quantitative estimate of drug-likeness (QED) is 0.417. The molecular formula is C6H5ClN4S. The predicted molar refractivity (Wildman–Crippen MR) is 50.2 cm³/mol. The molecule has 0 unspecified atom stereocenters. The second kappa shape index (κ2) is 2.85. The fourth-order valence-electron chi connectivity index (χ4n) is 0.872. The number of hydrazine groups is 1. The van der Waals surface area contributed by atoms with E-state index in [9.17, 15) is 0 Å².